The average Bonchev–Trinajstić information content (AvgIpc) is 2.74. The maximum Gasteiger partial charge on any atom is 0.253 e. The fourth-order valence-electron chi connectivity index (χ4n) is 3.71. The average molecular weight is 408 g/mol. The highest BCUT2D eigenvalue weighted by molar-refractivity contribution is 5.94. The van der Waals surface area contributed by atoms with E-state index in [-0.39, 0.29) is 23.8 Å². The van der Waals surface area contributed by atoms with Crippen LogP contribution < -0.4 is 10.6 Å². The molecule has 30 heavy (non-hydrogen) atoms. The Kier molecular flexibility index (Phi) is 7.22. The lowest BCUT2D eigenvalue weighted by atomic mass is 10.0. The van der Waals surface area contributed by atoms with Crippen LogP contribution in [0.25, 0.3) is 0 Å². The number of aryl methyl sites for hydroxylation is 1. The van der Waals surface area contributed by atoms with Crippen LogP contribution in [0.1, 0.15) is 41.3 Å². The molecule has 2 N–H and O–H groups in total. The Balaban J connectivity index is 1.54. The highest BCUT2D eigenvalue weighted by Gasteiger charge is 2.27. The molecule has 0 aliphatic carbocycles. The minimum absolute atomic E-state index is 0.00778. The molecule has 0 spiro atoms. The monoisotopic (exact) mass is 407 g/mol. The van der Waals surface area contributed by atoms with Gasteiger partial charge in [-0.2, -0.15) is 0 Å². The predicted molar refractivity (Wildman–Crippen MR) is 116 cm³/mol. The van der Waals surface area contributed by atoms with Gasteiger partial charge in [-0.3, -0.25) is 14.4 Å². The second kappa shape index (κ2) is 10.1. The normalized spacial score (nSPS) is 15.3. The van der Waals surface area contributed by atoms with Gasteiger partial charge in [0.2, 0.25) is 11.8 Å². The molecule has 6 heteroatoms. The smallest absolute Gasteiger partial charge is 0.253 e. The lowest BCUT2D eigenvalue weighted by molar-refractivity contribution is -0.128. The van der Waals surface area contributed by atoms with E-state index < -0.39 is 6.04 Å². The summed E-state index contributed by atoms with van der Waals surface area (Å²) in [6.45, 7) is 4.61. The summed E-state index contributed by atoms with van der Waals surface area (Å²) in [4.78, 5) is 38.9. The molecule has 0 aromatic heterocycles. The molecule has 0 saturated carbocycles. The van der Waals surface area contributed by atoms with Gasteiger partial charge in [0, 0.05) is 38.0 Å². The summed E-state index contributed by atoms with van der Waals surface area (Å²) in [6.07, 6.45) is 1.83. The summed E-state index contributed by atoms with van der Waals surface area (Å²) >= 11 is 0. The number of benzene rings is 2. The van der Waals surface area contributed by atoms with Crippen molar-refractivity contribution in [3.05, 3.63) is 71.3 Å². The molecule has 0 bridgehead atoms. The number of piperidine rings is 1. The van der Waals surface area contributed by atoms with Crippen LogP contribution in [-0.2, 0) is 16.0 Å². The number of hydrogen-bond donors (Lipinski definition) is 2. The minimum Gasteiger partial charge on any atom is -0.351 e. The molecule has 1 aliphatic heterocycles. The summed E-state index contributed by atoms with van der Waals surface area (Å²) in [5.74, 6) is -0.387. The first-order valence-electron chi connectivity index (χ1n) is 10.4. The van der Waals surface area contributed by atoms with E-state index >= 15 is 0 Å². The Morgan fingerprint density at radius 2 is 1.63 bits per heavy atom. The molecule has 1 fully saturated rings. The van der Waals surface area contributed by atoms with E-state index in [1.165, 1.54) is 6.92 Å². The molecule has 1 heterocycles. The van der Waals surface area contributed by atoms with Crippen molar-refractivity contribution in [1.82, 2.24) is 15.5 Å². The van der Waals surface area contributed by atoms with Crippen molar-refractivity contribution < 1.29 is 14.4 Å². The van der Waals surface area contributed by atoms with Gasteiger partial charge in [0.1, 0.15) is 6.04 Å². The van der Waals surface area contributed by atoms with Crippen LogP contribution in [0, 0.1) is 6.92 Å². The second-order valence-electron chi connectivity index (χ2n) is 7.88. The molecule has 1 aliphatic rings. The lowest BCUT2D eigenvalue weighted by Gasteiger charge is -2.33. The third kappa shape index (κ3) is 5.92. The van der Waals surface area contributed by atoms with Crippen molar-refractivity contribution in [2.24, 2.45) is 0 Å². The van der Waals surface area contributed by atoms with E-state index in [1.807, 2.05) is 66.4 Å². The number of amides is 3. The fourth-order valence-corrected chi connectivity index (χ4v) is 3.71. The number of carbonyl (C=O) groups excluding carboxylic acids is 3. The summed E-state index contributed by atoms with van der Waals surface area (Å²) in [6, 6.07) is 16.6. The quantitative estimate of drug-likeness (QED) is 0.772. The van der Waals surface area contributed by atoms with E-state index in [0.29, 0.717) is 37.9 Å². The van der Waals surface area contributed by atoms with Crippen LogP contribution in [-0.4, -0.2) is 47.8 Å². The lowest BCUT2D eigenvalue weighted by Crippen LogP contribution is -2.53. The molecule has 0 radical (unpaired) electrons. The minimum atomic E-state index is -0.614. The molecule has 2 aromatic rings. The van der Waals surface area contributed by atoms with Gasteiger partial charge in [0.25, 0.3) is 5.91 Å². The SMILES string of the molecule is CC(=O)NC(Cc1ccccc1)C(=O)NC1CCN(C(=O)c2ccc(C)cc2)CC1. The zero-order chi connectivity index (χ0) is 21.5. The molecule has 2 aromatic carbocycles. The Bertz CT molecular complexity index is 872. The maximum atomic E-state index is 12.8. The Labute approximate surface area is 177 Å². The van der Waals surface area contributed by atoms with Crippen molar-refractivity contribution >= 4 is 17.7 Å². The summed E-state index contributed by atoms with van der Waals surface area (Å²) in [5.41, 5.74) is 2.80. The van der Waals surface area contributed by atoms with Crippen molar-refractivity contribution in [2.75, 3.05) is 13.1 Å². The van der Waals surface area contributed by atoms with Crippen molar-refractivity contribution in [1.29, 1.82) is 0 Å². The van der Waals surface area contributed by atoms with E-state index in [4.69, 9.17) is 0 Å². The molecule has 3 amide bonds. The summed E-state index contributed by atoms with van der Waals surface area (Å²) in [7, 11) is 0. The molecule has 1 atom stereocenters. The van der Waals surface area contributed by atoms with Crippen molar-refractivity contribution in [2.45, 2.75) is 45.2 Å². The number of nitrogens with one attached hydrogen (secondary N) is 2. The zero-order valence-corrected chi connectivity index (χ0v) is 17.6. The highest BCUT2D eigenvalue weighted by atomic mass is 16.2. The number of rotatable bonds is 6. The van der Waals surface area contributed by atoms with Gasteiger partial charge in [-0.05, 0) is 37.5 Å². The highest BCUT2D eigenvalue weighted by Crippen LogP contribution is 2.15. The molecule has 3 rings (SSSR count). The molecule has 158 valence electrons. The molecular formula is C24H29N3O3. The molecule has 1 unspecified atom stereocenters. The summed E-state index contributed by atoms with van der Waals surface area (Å²) < 4.78 is 0. The van der Waals surface area contributed by atoms with Crippen LogP contribution >= 0.6 is 0 Å². The second-order valence-corrected chi connectivity index (χ2v) is 7.88. The fraction of sp³-hybridized carbons (Fsp3) is 0.375. The molecule has 1 saturated heterocycles. The Morgan fingerprint density at radius 1 is 1.00 bits per heavy atom. The van der Waals surface area contributed by atoms with Crippen LogP contribution in [0.2, 0.25) is 0 Å². The van der Waals surface area contributed by atoms with Crippen molar-refractivity contribution in [3.63, 3.8) is 0 Å². The topological polar surface area (TPSA) is 78.5 Å². The number of hydrogen-bond acceptors (Lipinski definition) is 3. The first-order valence-corrected chi connectivity index (χ1v) is 10.4. The zero-order valence-electron chi connectivity index (χ0n) is 17.6. The van der Waals surface area contributed by atoms with E-state index in [1.54, 1.807) is 0 Å². The van der Waals surface area contributed by atoms with Gasteiger partial charge in [-0.15, -0.1) is 0 Å². The first-order chi connectivity index (χ1) is 14.4. The van der Waals surface area contributed by atoms with Gasteiger partial charge in [-0.25, -0.2) is 0 Å². The standard InChI is InChI=1S/C24H29N3O3/c1-17-8-10-20(11-9-17)24(30)27-14-12-21(13-15-27)26-23(29)22(25-18(2)28)16-19-6-4-3-5-7-19/h3-11,21-22H,12-16H2,1-2H3,(H,25,28)(H,26,29). The van der Waals surface area contributed by atoms with Gasteiger partial charge >= 0.3 is 0 Å². The van der Waals surface area contributed by atoms with Crippen LogP contribution in [0.3, 0.4) is 0 Å². The van der Waals surface area contributed by atoms with Crippen LogP contribution in [0.5, 0.6) is 0 Å². The van der Waals surface area contributed by atoms with Gasteiger partial charge < -0.3 is 15.5 Å². The van der Waals surface area contributed by atoms with E-state index in [0.717, 1.165) is 11.1 Å². The third-order valence-electron chi connectivity index (χ3n) is 5.40. The van der Waals surface area contributed by atoms with Gasteiger partial charge in [0.05, 0.1) is 0 Å². The van der Waals surface area contributed by atoms with Crippen LogP contribution in [0.15, 0.2) is 54.6 Å². The van der Waals surface area contributed by atoms with Gasteiger partial charge in [0.15, 0.2) is 0 Å². The van der Waals surface area contributed by atoms with Crippen LogP contribution in [0.4, 0.5) is 0 Å². The van der Waals surface area contributed by atoms with Gasteiger partial charge in [-0.1, -0.05) is 48.0 Å². The predicted octanol–water partition coefficient (Wildman–Crippen LogP) is 2.46. The van der Waals surface area contributed by atoms with E-state index in [9.17, 15) is 14.4 Å². The maximum absolute atomic E-state index is 12.8. The first kappa shape index (κ1) is 21.6. The largest absolute Gasteiger partial charge is 0.351 e. The molecule has 6 nitrogen and oxygen atoms in total. The number of nitrogens with zero attached hydrogens (tertiary/aromatic N) is 1. The Morgan fingerprint density at radius 3 is 2.23 bits per heavy atom. The number of likely N-dealkylation sites (tertiary alicyclic amines) is 1. The van der Waals surface area contributed by atoms with E-state index in [2.05, 4.69) is 10.6 Å². The third-order valence-corrected chi connectivity index (χ3v) is 5.40. The Hall–Kier alpha value is -3.15. The molecular weight excluding hydrogens is 378 g/mol. The van der Waals surface area contributed by atoms with Crippen molar-refractivity contribution in [3.8, 4) is 0 Å². The number of carbonyl (C=O) groups is 3. The summed E-state index contributed by atoms with van der Waals surface area (Å²) in [5, 5.41) is 5.81.